The molecule has 1 aromatic carbocycles. The van der Waals surface area contributed by atoms with Gasteiger partial charge in [0.05, 0.1) is 0 Å². The maximum Gasteiger partial charge on any atom is 0.251 e. The molecule has 0 spiro atoms. The first kappa shape index (κ1) is 15.4. The lowest BCUT2D eigenvalue weighted by atomic mass is 9.78. The van der Waals surface area contributed by atoms with Gasteiger partial charge in [-0.05, 0) is 42.2 Å². The molecule has 1 aliphatic carbocycles. The Bertz CT molecular complexity index is 443. The van der Waals surface area contributed by atoms with Gasteiger partial charge < -0.3 is 5.32 Å². The number of benzene rings is 1. The van der Waals surface area contributed by atoms with Crippen LogP contribution >= 0.6 is 11.8 Å². The van der Waals surface area contributed by atoms with Crippen molar-refractivity contribution >= 4 is 17.7 Å². The van der Waals surface area contributed by atoms with E-state index in [4.69, 9.17) is 0 Å². The second kappa shape index (κ2) is 7.16. The number of thioether (sulfide) groups is 1. The van der Waals surface area contributed by atoms with Crippen LogP contribution in [0.5, 0.6) is 0 Å². The minimum atomic E-state index is 0.0756. The largest absolute Gasteiger partial charge is 0.349 e. The minimum Gasteiger partial charge on any atom is -0.349 e. The molecule has 1 fully saturated rings. The standard InChI is InChI=1S/C17H25NOS/c1-12-5-4-6-16(13(12)2)18-17(19)15-9-7-14(8-10-15)11-20-3/h7-10,12-13,16H,4-6,11H2,1-3H3,(H,18,19)/t12-,13-,16+/m1/s1. The van der Waals surface area contributed by atoms with Crippen molar-refractivity contribution in [2.45, 2.75) is 44.9 Å². The Morgan fingerprint density at radius 3 is 2.60 bits per heavy atom. The number of hydrogen-bond acceptors (Lipinski definition) is 2. The lowest BCUT2D eigenvalue weighted by Gasteiger charge is -2.34. The summed E-state index contributed by atoms with van der Waals surface area (Å²) in [7, 11) is 0. The number of carbonyl (C=O) groups is 1. The molecule has 1 saturated carbocycles. The fraction of sp³-hybridized carbons (Fsp3) is 0.588. The van der Waals surface area contributed by atoms with Crippen LogP contribution in [0.15, 0.2) is 24.3 Å². The summed E-state index contributed by atoms with van der Waals surface area (Å²) < 4.78 is 0. The van der Waals surface area contributed by atoms with E-state index >= 15 is 0 Å². The Labute approximate surface area is 126 Å². The van der Waals surface area contributed by atoms with Gasteiger partial charge in [-0.3, -0.25) is 4.79 Å². The fourth-order valence-electron chi connectivity index (χ4n) is 2.96. The van der Waals surface area contributed by atoms with Gasteiger partial charge in [-0.2, -0.15) is 11.8 Å². The monoisotopic (exact) mass is 291 g/mol. The molecule has 20 heavy (non-hydrogen) atoms. The molecule has 0 bridgehead atoms. The molecule has 3 heteroatoms. The van der Waals surface area contributed by atoms with Crippen molar-refractivity contribution in [3.8, 4) is 0 Å². The van der Waals surface area contributed by atoms with Crippen LogP contribution in [0, 0.1) is 11.8 Å². The van der Waals surface area contributed by atoms with Crippen molar-refractivity contribution in [2.24, 2.45) is 11.8 Å². The predicted molar refractivity (Wildman–Crippen MR) is 87.1 cm³/mol. The van der Waals surface area contributed by atoms with Gasteiger partial charge in [0.25, 0.3) is 5.91 Å². The van der Waals surface area contributed by atoms with Gasteiger partial charge in [-0.1, -0.05) is 38.8 Å². The molecule has 0 saturated heterocycles. The van der Waals surface area contributed by atoms with E-state index in [1.807, 2.05) is 12.1 Å². The summed E-state index contributed by atoms with van der Waals surface area (Å²) in [6.07, 6.45) is 5.72. The molecular formula is C17H25NOS. The van der Waals surface area contributed by atoms with E-state index in [9.17, 15) is 4.79 Å². The normalized spacial score (nSPS) is 26.2. The molecule has 2 rings (SSSR count). The molecule has 0 aromatic heterocycles. The molecule has 1 aromatic rings. The number of carbonyl (C=O) groups excluding carboxylic acids is 1. The summed E-state index contributed by atoms with van der Waals surface area (Å²) >= 11 is 1.80. The highest BCUT2D eigenvalue weighted by Crippen LogP contribution is 2.29. The molecule has 1 aliphatic rings. The Balaban J connectivity index is 1.97. The van der Waals surface area contributed by atoms with Gasteiger partial charge in [-0.15, -0.1) is 0 Å². The summed E-state index contributed by atoms with van der Waals surface area (Å²) in [5.41, 5.74) is 2.05. The van der Waals surface area contributed by atoms with Crippen LogP contribution in [0.25, 0.3) is 0 Å². The van der Waals surface area contributed by atoms with E-state index < -0.39 is 0 Å². The summed E-state index contributed by atoms with van der Waals surface area (Å²) in [5, 5.41) is 3.22. The first-order valence-electron chi connectivity index (χ1n) is 7.50. The SMILES string of the molecule is CSCc1ccc(C(=O)N[C@H]2CCC[C@@H](C)[C@H]2C)cc1. The van der Waals surface area contributed by atoms with Gasteiger partial charge in [0, 0.05) is 17.4 Å². The van der Waals surface area contributed by atoms with Gasteiger partial charge in [-0.25, -0.2) is 0 Å². The molecule has 1 N–H and O–H groups in total. The maximum atomic E-state index is 12.3. The summed E-state index contributed by atoms with van der Waals surface area (Å²) in [4.78, 5) is 12.3. The average Bonchev–Trinajstić information content (AvgIpc) is 2.45. The highest BCUT2D eigenvalue weighted by Gasteiger charge is 2.28. The number of hydrogen-bond donors (Lipinski definition) is 1. The van der Waals surface area contributed by atoms with E-state index in [0.29, 0.717) is 17.9 Å². The molecule has 0 radical (unpaired) electrons. The number of amides is 1. The number of rotatable bonds is 4. The average molecular weight is 291 g/mol. The molecule has 2 nitrogen and oxygen atoms in total. The smallest absolute Gasteiger partial charge is 0.251 e. The van der Waals surface area contributed by atoms with E-state index in [2.05, 4.69) is 37.6 Å². The quantitative estimate of drug-likeness (QED) is 0.904. The van der Waals surface area contributed by atoms with Crippen LogP contribution in [0.4, 0.5) is 0 Å². The van der Waals surface area contributed by atoms with Crippen LogP contribution in [0.1, 0.15) is 49.0 Å². The first-order valence-corrected chi connectivity index (χ1v) is 8.90. The molecule has 3 atom stereocenters. The lowest BCUT2D eigenvalue weighted by molar-refractivity contribution is 0.0891. The van der Waals surface area contributed by atoms with Crippen LogP contribution in [0.3, 0.4) is 0 Å². The Morgan fingerprint density at radius 1 is 1.25 bits per heavy atom. The third-order valence-corrected chi connectivity index (χ3v) is 5.17. The maximum absolute atomic E-state index is 12.3. The highest BCUT2D eigenvalue weighted by atomic mass is 32.2. The van der Waals surface area contributed by atoms with Crippen molar-refractivity contribution < 1.29 is 4.79 Å². The molecule has 0 unspecified atom stereocenters. The fourth-order valence-corrected chi connectivity index (χ4v) is 3.48. The zero-order valence-electron chi connectivity index (χ0n) is 12.7. The van der Waals surface area contributed by atoms with E-state index in [0.717, 1.165) is 17.7 Å². The predicted octanol–water partition coefficient (Wildman–Crippen LogP) is 4.10. The third kappa shape index (κ3) is 3.78. The summed E-state index contributed by atoms with van der Waals surface area (Å²) in [5.74, 6) is 2.35. The second-order valence-electron chi connectivity index (χ2n) is 5.98. The van der Waals surface area contributed by atoms with Crippen molar-refractivity contribution in [1.29, 1.82) is 0 Å². The van der Waals surface area contributed by atoms with Gasteiger partial charge >= 0.3 is 0 Å². The van der Waals surface area contributed by atoms with Gasteiger partial charge in [0.2, 0.25) is 0 Å². The van der Waals surface area contributed by atoms with Gasteiger partial charge in [0.15, 0.2) is 0 Å². The summed E-state index contributed by atoms with van der Waals surface area (Å²) in [6.45, 7) is 4.55. The Morgan fingerprint density at radius 2 is 1.95 bits per heavy atom. The third-order valence-electron chi connectivity index (χ3n) is 4.55. The Hall–Kier alpha value is -0.960. The zero-order chi connectivity index (χ0) is 14.5. The Kier molecular flexibility index (Phi) is 5.53. The zero-order valence-corrected chi connectivity index (χ0v) is 13.5. The summed E-state index contributed by atoms with van der Waals surface area (Å²) in [6, 6.07) is 8.32. The number of nitrogens with one attached hydrogen (secondary N) is 1. The second-order valence-corrected chi connectivity index (χ2v) is 6.84. The van der Waals surface area contributed by atoms with E-state index in [1.165, 1.54) is 18.4 Å². The molecule has 1 amide bonds. The van der Waals surface area contributed by atoms with Crippen molar-refractivity contribution in [2.75, 3.05) is 6.26 Å². The molecular weight excluding hydrogens is 266 g/mol. The molecule has 0 aliphatic heterocycles. The topological polar surface area (TPSA) is 29.1 Å². The van der Waals surface area contributed by atoms with Crippen molar-refractivity contribution in [3.05, 3.63) is 35.4 Å². The van der Waals surface area contributed by atoms with Crippen LogP contribution in [0.2, 0.25) is 0 Å². The molecule has 0 heterocycles. The van der Waals surface area contributed by atoms with Crippen molar-refractivity contribution in [1.82, 2.24) is 5.32 Å². The van der Waals surface area contributed by atoms with Crippen LogP contribution in [-0.4, -0.2) is 18.2 Å². The molecule has 110 valence electrons. The van der Waals surface area contributed by atoms with Crippen LogP contribution in [-0.2, 0) is 5.75 Å². The van der Waals surface area contributed by atoms with E-state index in [-0.39, 0.29) is 5.91 Å². The lowest BCUT2D eigenvalue weighted by Crippen LogP contribution is -2.43. The first-order chi connectivity index (χ1) is 9.61. The van der Waals surface area contributed by atoms with E-state index in [1.54, 1.807) is 11.8 Å². The van der Waals surface area contributed by atoms with Gasteiger partial charge in [0.1, 0.15) is 0 Å². The van der Waals surface area contributed by atoms with Crippen molar-refractivity contribution in [3.63, 3.8) is 0 Å². The van der Waals surface area contributed by atoms with Crippen LogP contribution < -0.4 is 5.32 Å². The minimum absolute atomic E-state index is 0.0756. The highest BCUT2D eigenvalue weighted by molar-refractivity contribution is 7.97.